The molecule has 0 spiro atoms. The van der Waals surface area contributed by atoms with Gasteiger partial charge in [0.25, 0.3) is 5.91 Å². The Morgan fingerprint density at radius 3 is 2.52 bits per heavy atom. The normalized spacial score (nSPS) is 17.2. The molecule has 2 rings (SSSR count). The Hall–Kier alpha value is -2.34. The molecule has 1 aromatic carbocycles. The molecule has 160 valence electrons. The topological polar surface area (TPSA) is 70.1 Å². The maximum absolute atomic E-state index is 12.9. The zero-order valence-corrected chi connectivity index (χ0v) is 18.4. The monoisotopic (exact) mass is 402 g/mol. The van der Waals surface area contributed by atoms with Crippen LogP contribution in [-0.2, 0) is 9.59 Å². The molecule has 1 aliphatic heterocycles. The Labute approximate surface area is 174 Å². The van der Waals surface area contributed by atoms with E-state index in [0.717, 1.165) is 18.5 Å². The first-order chi connectivity index (χ1) is 13.6. The van der Waals surface area contributed by atoms with Crippen molar-refractivity contribution in [2.45, 2.75) is 40.2 Å². The third-order valence-corrected chi connectivity index (χ3v) is 4.86. The summed E-state index contributed by atoms with van der Waals surface area (Å²) in [5, 5.41) is 10.6. The predicted molar refractivity (Wildman–Crippen MR) is 114 cm³/mol. The maximum atomic E-state index is 12.9. The van der Waals surface area contributed by atoms with E-state index >= 15 is 0 Å². The van der Waals surface area contributed by atoms with E-state index in [2.05, 4.69) is 13.8 Å². The van der Waals surface area contributed by atoms with E-state index in [-0.39, 0.29) is 17.3 Å². The molecule has 1 aliphatic rings. The number of aliphatic hydroxyl groups excluding tert-OH is 1. The number of hydrogen-bond acceptors (Lipinski definition) is 5. The van der Waals surface area contributed by atoms with Crippen molar-refractivity contribution in [2.24, 2.45) is 11.8 Å². The van der Waals surface area contributed by atoms with E-state index in [9.17, 15) is 14.7 Å². The molecule has 0 radical (unpaired) electrons. The van der Waals surface area contributed by atoms with Gasteiger partial charge in [-0.15, -0.1) is 0 Å². The first-order valence-electron chi connectivity index (χ1n) is 10.3. The van der Waals surface area contributed by atoms with Gasteiger partial charge in [0.05, 0.1) is 18.2 Å². The number of ketones is 1. The summed E-state index contributed by atoms with van der Waals surface area (Å²) in [6.07, 6.45) is 0.745. The highest BCUT2D eigenvalue weighted by Crippen LogP contribution is 2.39. The summed E-state index contributed by atoms with van der Waals surface area (Å²) in [6, 6.07) is 6.88. The molecule has 1 aromatic rings. The van der Waals surface area contributed by atoms with Gasteiger partial charge in [-0.05, 0) is 50.7 Å². The highest BCUT2D eigenvalue weighted by molar-refractivity contribution is 6.09. The van der Waals surface area contributed by atoms with Crippen molar-refractivity contribution in [3.05, 3.63) is 41.2 Å². The van der Waals surface area contributed by atoms with Crippen molar-refractivity contribution in [3.8, 4) is 5.75 Å². The average molecular weight is 403 g/mol. The number of nitrogens with zero attached hydrogens (tertiary/aromatic N) is 2. The molecule has 6 nitrogen and oxygen atoms in total. The molecular weight excluding hydrogens is 368 g/mol. The van der Waals surface area contributed by atoms with E-state index in [1.807, 2.05) is 43.3 Å². The fourth-order valence-corrected chi connectivity index (χ4v) is 3.39. The second-order valence-electron chi connectivity index (χ2n) is 8.62. The molecule has 1 amide bonds. The van der Waals surface area contributed by atoms with Gasteiger partial charge in [0.15, 0.2) is 11.5 Å². The van der Waals surface area contributed by atoms with Crippen molar-refractivity contribution in [1.29, 1.82) is 0 Å². The minimum Gasteiger partial charge on any atom is -0.503 e. The third kappa shape index (κ3) is 5.60. The number of carbonyl (C=O) groups excluding carboxylic acids is 2. The van der Waals surface area contributed by atoms with Crippen LogP contribution in [0.4, 0.5) is 0 Å². The second-order valence-corrected chi connectivity index (χ2v) is 8.62. The van der Waals surface area contributed by atoms with Gasteiger partial charge in [-0.1, -0.05) is 39.8 Å². The van der Waals surface area contributed by atoms with Crippen LogP contribution in [0.3, 0.4) is 0 Å². The summed E-state index contributed by atoms with van der Waals surface area (Å²) >= 11 is 0. The van der Waals surface area contributed by atoms with Crippen molar-refractivity contribution in [1.82, 2.24) is 9.80 Å². The minimum atomic E-state index is -0.595. The summed E-state index contributed by atoms with van der Waals surface area (Å²) in [6.45, 7) is 9.55. The SMILES string of the molecule is CC(C)COc1cccc(C2C(C(=O)C(C)C)=C(O)C(=O)N2CCCN(C)C)c1. The molecule has 1 atom stereocenters. The first kappa shape index (κ1) is 22.9. The Morgan fingerprint density at radius 2 is 1.93 bits per heavy atom. The number of Topliss-reactive ketones (excluding diaryl/α,β-unsaturated/α-hetero) is 1. The van der Waals surface area contributed by atoms with E-state index in [4.69, 9.17) is 4.74 Å². The number of hydrogen-bond donors (Lipinski definition) is 1. The molecular formula is C23H34N2O4. The smallest absolute Gasteiger partial charge is 0.290 e. The molecule has 1 N–H and O–H groups in total. The summed E-state index contributed by atoms with van der Waals surface area (Å²) in [7, 11) is 3.95. The van der Waals surface area contributed by atoms with Gasteiger partial charge in [0.2, 0.25) is 0 Å². The van der Waals surface area contributed by atoms with Gasteiger partial charge in [-0.2, -0.15) is 0 Å². The molecule has 0 saturated heterocycles. The summed E-state index contributed by atoms with van der Waals surface area (Å²) in [5.74, 6) is -0.344. The van der Waals surface area contributed by atoms with Gasteiger partial charge in [-0.25, -0.2) is 0 Å². The standard InChI is InChI=1S/C23H34N2O4/c1-15(2)14-29-18-10-7-9-17(13-18)20-19(21(26)16(3)4)22(27)23(28)25(20)12-8-11-24(5)6/h7,9-10,13,15-16,20,27H,8,11-12,14H2,1-6H3. The van der Waals surface area contributed by atoms with E-state index in [0.29, 0.717) is 24.8 Å². The zero-order valence-electron chi connectivity index (χ0n) is 18.4. The summed E-state index contributed by atoms with van der Waals surface area (Å²) in [4.78, 5) is 29.4. The van der Waals surface area contributed by atoms with E-state index < -0.39 is 17.7 Å². The number of carbonyl (C=O) groups is 2. The van der Waals surface area contributed by atoms with Crippen molar-refractivity contribution >= 4 is 11.7 Å². The van der Waals surface area contributed by atoms with Crippen molar-refractivity contribution in [3.63, 3.8) is 0 Å². The van der Waals surface area contributed by atoms with Gasteiger partial charge < -0.3 is 19.6 Å². The molecule has 1 heterocycles. The fourth-order valence-electron chi connectivity index (χ4n) is 3.39. The van der Waals surface area contributed by atoms with Crippen molar-refractivity contribution < 1.29 is 19.4 Å². The maximum Gasteiger partial charge on any atom is 0.290 e. The Balaban J connectivity index is 2.41. The molecule has 1 unspecified atom stereocenters. The first-order valence-corrected chi connectivity index (χ1v) is 10.3. The van der Waals surface area contributed by atoms with E-state index in [1.54, 1.807) is 18.7 Å². The Bertz CT molecular complexity index is 768. The number of benzene rings is 1. The van der Waals surface area contributed by atoms with Crippen LogP contribution in [0.25, 0.3) is 0 Å². The number of amides is 1. The highest BCUT2D eigenvalue weighted by atomic mass is 16.5. The van der Waals surface area contributed by atoms with Gasteiger partial charge >= 0.3 is 0 Å². The van der Waals surface area contributed by atoms with Crippen LogP contribution in [-0.4, -0.2) is 60.4 Å². The van der Waals surface area contributed by atoms with Crippen LogP contribution in [0.15, 0.2) is 35.6 Å². The molecule has 0 aliphatic carbocycles. The lowest BCUT2D eigenvalue weighted by Crippen LogP contribution is -2.33. The molecule has 6 heteroatoms. The number of aliphatic hydroxyl groups is 1. The van der Waals surface area contributed by atoms with Crippen LogP contribution in [0.2, 0.25) is 0 Å². The van der Waals surface area contributed by atoms with Gasteiger partial charge in [-0.3, -0.25) is 9.59 Å². The molecule has 0 saturated carbocycles. The Morgan fingerprint density at radius 1 is 1.24 bits per heavy atom. The Kier molecular flexibility index (Phi) is 7.85. The lowest BCUT2D eigenvalue weighted by atomic mass is 9.91. The van der Waals surface area contributed by atoms with E-state index in [1.165, 1.54) is 0 Å². The quantitative estimate of drug-likeness (QED) is 0.648. The third-order valence-electron chi connectivity index (χ3n) is 4.86. The second kappa shape index (κ2) is 9.92. The van der Waals surface area contributed by atoms with Gasteiger partial charge in [0, 0.05) is 12.5 Å². The number of rotatable bonds is 10. The molecule has 0 aromatic heterocycles. The van der Waals surface area contributed by atoms with Crippen LogP contribution < -0.4 is 4.74 Å². The lowest BCUT2D eigenvalue weighted by molar-refractivity contribution is -0.129. The lowest BCUT2D eigenvalue weighted by Gasteiger charge is -2.28. The van der Waals surface area contributed by atoms with Crippen LogP contribution in [0, 0.1) is 11.8 Å². The van der Waals surface area contributed by atoms with Gasteiger partial charge in [0.1, 0.15) is 5.75 Å². The molecule has 0 bridgehead atoms. The van der Waals surface area contributed by atoms with Crippen LogP contribution in [0.5, 0.6) is 5.75 Å². The summed E-state index contributed by atoms with van der Waals surface area (Å²) < 4.78 is 5.84. The molecule has 0 fully saturated rings. The largest absolute Gasteiger partial charge is 0.503 e. The number of ether oxygens (including phenoxy) is 1. The molecule has 29 heavy (non-hydrogen) atoms. The fraction of sp³-hybridized carbons (Fsp3) is 0.565. The zero-order chi connectivity index (χ0) is 21.7. The van der Waals surface area contributed by atoms with Crippen LogP contribution >= 0.6 is 0 Å². The highest BCUT2D eigenvalue weighted by Gasteiger charge is 2.43. The van der Waals surface area contributed by atoms with Crippen molar-refractivity contribution in [2.75, 3.05) is 33.8 Å². The minimum absolute atomic E-state index is 0.191. The predicted octanol–water partition coefficient (Wildman–Crippen LogP) is 3.59. The van der Waals surface area contributed by atoms with Crippen LogP contribution in [0.1, 0.15) is 45.7 Å². The average Bonchev–Trinajstić information content (AvgIpc) is 2.90. The summed E-state index contributed by atoms with van der Waals surface area (Å²) in [5.41, 5.74) is 0.966.